The molecule has 0 bridgehead atoms. The molecule has 0 saturated heterocycles. The van der Waals surface area contributed by atoms with Crippen LogP contribution in [-0.4, -0.2) is 11.8 Å². The molecule has 0 aromatic rings. The fourth-order valence-electron chi connectivity index (χ4n) is 1.09. The molecule has 2 aliphatic rings. The number of oxime groups is 1. The van der Waals surface area contributed by atoms with Gasteiger partial charge in [0.1, 0.15) is 11.8 Å². The van der Waals surface area contributed by atoms with Crippen molar-refractivity contribution in [3.63, 3.8) is 0 Å². The summed E-state index contributed by atoms with van der Waals surface area (Å²) in [6.45, 7) is 2.05. The van der Waals surface area contributed by atoms with E-state index in [2.05, 4.69) is 10.6 Å². The maximum atomic E-state index is 4.71. The molecule has 10 heavy (non-hydrogen) atoms. The first-order valence-electron chi connectivity index (χ1n) is 3.22. The van der Waals surface area contributed by atoms with Crippen LogP contribution >= 0.6 is 0 Å². The smallest absolute Gasteiger partial charge is 0.112 e. The zero-order chi connectivity index (χ0) is 6.97. The fourth-order valence-corrected chi connectivity index (χ4v) is 1.09. The van der Waals surface area contributed by atoms with Gasteiger partial charge in [-0.05, 0) is 18.6 Å². The lowest BCUT2D eigenvalue weighted by Crippen LogP contribution is -2.30. The number of allylic oxidation sites excluding steroid dienone is 2. The molecule has 3 heteroatoms. The van der Waals surface area contributed by atoms with Gasteiger partial charge in [-0.1, -0.05) is 17.3 Å². The summed E-state index contributed by atoms with van der Waals surface area (Å²) < 4.78 is 0. The number of nitrogens with one attached hydrogen (secondary N) is 1. The molecule has 0 fully saturated rings. The van der Waals surface area contributed by atoms with E-state index in [4.69, 9.17) is 4.94 Å². The first-order chi connectivity index (χ1) is 4.88. The van der Waals surface area contributed by atoms with Gasteiger partial charge in [0.05, 0.1) is 0 Å². The minimum Gasteiger partial charge on any atom is -0.298 e. The molecule has 1 N–H and O–H groups in total. The summed E-state index contributed by atoms with van der Waals surface area (Å²) in [4.78, 5) is 4.71. The van der Waals surface area contributed by atoms with Crippen LogP contribution in [0.1, 0.15) is 6.92 Å². The summed E-state index contributed by atoms with van der Waals surface area (Å²) in [5.41, 5.74) is 4.98. The predicted octanol–water partition coefficient (Wildman–Crippen LogP) is 0.762. The summed E-state index contributed by atoms with van der Waals surface area (Å²) in [6.07, 6.45) is 5.96. The Hall–Kier alpha value is -1.09. The van der Waals surface area contributed by atoms with E-state index in [1.165, 1.54) is 5.57 Å². The lowest BCUT2D eigenvalue weighted by atomic mass is 10.00. The molecule has 1 atom stereocenters. The molecule has 0 saturated carbocycles. The van der Waals surface area contributed by atoms with Crippen LogP contribution in [-0.2, 0) is 4.94 Å². The number of rotatable bonds is 0. The average Bonchev–Trinajstić information content (AvgIpc) is 2.36. The Balaban J connectivity index is 2.36. The fraction of sp³-hybridized carbons (Fsp3) is 0.286. The Morgan fingerprint density at radius 2 is 2.60 bits per heavy atom. The van der Waals surface area contributed by atoms with Crippen LogP contribution in [0.2, 0.25) is 0 Å². The minimum absolute atomic E-state index is 0.185. The van der Waals surface area contributed by atoms with Gasteiger partial charge in [-0.25, -0.2) is 0 Å². The van der Waals surface area contributed by atoms with E-state index in [-0.39, 0.29) is 6.04 Å². The van der Waals surface area contributed by atoms with E-state index in [0.29, 0.717) is 0 Å². The molecule has 1 heterocycles. The van der Waals surface area contributed by atoms with Crippen LogP contribution in [0, 0.1) is 0 Å². The molecule has 2 rings (SSSR count). The zero-order valence-electron chi connectivity index (χ0n) is 5.66. The van der Waals surface area contributed by atoms with Crippen molar-refractivity contribution in [1.29, 1.82) is 0 Å². The van der Waals surface area contributed by atoms with E-state index >= 15 is 0 Å². The first-order valence-corrected chi connectivity index (χ1v) is 3.22. The second-order valence-corrected chi connectivity index (χ2v) is 2.43. The highest BCUT2D eigenvalue weighted by atomic mass is 16.8. The van der Waals surface area contributed by atoms with Gasteiger partial charge in [-0.3, -0.25) is 4.94 Å². The highest BCUT2D eigenvalue weighted by molar-refractivity contribution is 6.02. The Morgan fingerprint density at radius 1 is 1.70 bits per heavy atom. The number of hydroxylamine groups is 1. The maximum Gasteiger partial charge on any atom is 0.112 e. The molecule has 0 spiro atoms. The largest absolute Gasteiger partial charge is 0.298 e. The Kier molecular flexibility index (Phi) is 1.11. The van der Waals surface area contributed by atoms with Crippen molar-refractivity contribution in [3.05, 3.63) is 23.8 Å². The van der Waals surface area contributed by atoms with Gasteiger partial charge in [0.15, 0.2) is 0 Å². The van der Waals surface area contributed by atoms with Gasteiger partial charge in [-0.2, -0.15) is 0 Å². The lowest BCUT2D eigenvalue weighted by molar-refractivity contribution is 0.0655. The molecule has 1 aliphatic carbocycles. The highest BCUT2D eigenvalue weighted by Crippen LogP contribution is 2.14. The second-order valence-electron chi connectivity index (χ2n) is 2.43. The van der Waals surface area contributed by atoms with E-state index in [9.17, 15) is 0 Å². The van der Waals surface area contributed by atoms with Gasteiger partial charge in [0.25, 0.3) is 0 Å². The van der Waals surface area contributed by atoms with E-state index < -0.39 is 0 Å². The van der Waals surface area contributed by atoms with E-state index in [0.717, 1.165) is 5.71 Å². The molecule has 0 aromatic carbocycles. The molecule has 0 radical (unpaired) electrons. The summed E-state index contributed by atoms with van der Waals surface area (Å²) in [5.74, 6) is 0. The van der Waals surface area contributed by atoms with E-state index in [1.54, 1.807) is 0 Å². The van der Waals surface area contributed by atoms with Crippen molar-refractivity contribution >= 4 is 5.71 Å². The number of hydrogen-bond acceptors (Lipinski definition) is 3. The molecular weight excluding hydrogens is 128 g/mol. The van der Waals surface area contributed by atoms with Crippen molar-refractivity contribution in [3.8, 4) is 0 Å². The Bertz CT molecular complexity index is 240. The summed E-state index contributed by atoms with van der Waals surface area (Å²) in [7, 11) is 0. The number of hydrogen-bond donors (Lipinski definition) is 1. The molecule has 1 unspecified atom stereocenters. The summed E-state index contributed by atoms with van der Waals surface area (Å²) in [5, 5.41) is 3.79. The SMILES string of the molecule is CC1=CC=CC2=NONC12. The van der Waals surface area contributed by atoms with Crippen LogP contribution in [0.25, 0.3) is 0 Å². The third kappa shape index (κ3) is 0.675. The monoisotopic (exact) mass is 136 g/mol. The van der Waals surface area contributed by atoms with E-state index in [1.807, 2.05) is 25.2 Å². The van der Waals surface area contributed by atoms with Gasteiger partial charge in [-0.15, -0.1) is 5.48 Å². The molecule has 0 aromatic heterocycles. The van der Waals surface area contributed by atoms with Crippen LogP contribution in [0.15, 0.2) is 29.0 Å². The standard InChI is InChI=1S/C7H8N2O/c1-5-3-2-4-6-7(5)9-10-8-6/h2-4,7,9H,1H3. The zero-order valence-corrected chi connectivity index (χ0v) is 5.66. The third-order valence-corrected chi connectivity index (χ3v) is 1.70. The lowest BCUT2D eigenvalue weighted by Gasteiger charge is -2.10. The molecular formula is C7H8N2O. The Labute approximate surface area is 59.0 Å². The van der Waals surface area contributed by atoms with Gasteiger partial charge < -0.3 is 0 Å². The average molecular weight is 136 g/mol. The number of fused-ring (bicyclic) bond motifs is 1. The van der Waals surface area contributed by atoms with Crippen LogP contribution in [0.5, 0.6) is 0 Å². The second kappa shape index (κ2) is 1.95. The molecule has 52 valence electrons. The molecule has 3 nitrogen and oxygen atoms in total. The Morgan fingerprint density at radius 3 is 3.40 bits per heavy atom. The van der Waals surface area contributed by atoms with Gasteiger partial charge in [0, 0.05) is 0 Å². The topological polar surface area (TPSA) is 33.6 Å². The van der Waals surface area contributed by atoms with Crippen molar-refractivity contribution in [2.75, 3.05) is 0 Å². The first kappa shape index (κ1) is 5.68. The van der Waals surface area contributed by atoms with Crippen molar-refractivity contribution in [2.24, 2.45) is 5.16 Å². The highest BCUT2D eigenvalue weighted by Gasteiger charge is 2.23. The van der Waals surface area contributed by atoms with Crippen LogP contribution in [0.4, 0.5) is 0 Å². The molecule has 1 aliphatic heterocycles. The quantitative estimate of drug-likeness (QED) is 0.533. The minimum atomic E-state index is 0.185. The molecule has 0 amide bonds. The van der Waals surface area contributed by atoms with Crippen LogP contribution in [0.3, 0.4) is 0 Å². The van der Waals surface area contributed by atoms with Crippen molar-refractivity contribution < 1.29 is 4.94 Å². The van der Waals surface area contributed by atoms with Crippen molar-refractivity contribution in [1.82, 2.24) is 5.48 Å². The summed E-state index contributed by atoms with van der Waals surface area (Å²) in [6, 6.07) is 0.185. The maximum absolute atomic E-state index is 4.71. The summed E-state index contributed by atoms with van der Waals surface area (Å²) >= 11 is 0. The third-order valence-electron chi connectivity index (χ3n) is 1.70. The predicted molar refractivity (Wildman–Crippen MR) is 38.3 cm³/mol. The van der Waals surface area contributed by atoms with Gasteiger partial charge in [0.2, 0.25) is 0 Å². The van der Waals surface area contributed by atoms with Gasteiger partial charge >= 0.3 is 0 Å². The normalized spacial score (nSPS) is 28.7. The van der Waals surface area contributed by atoms with Crippen LogP contribution < -0.4 is 5.48 Å². The van der Waals surface area contributed by atoms with Crippen molar-refractivity contribution in [2.45, 2.75) is 13.0 Å². The number of nitrogens with zero attached hydrogens (tertiary/aromatic N) is 1.